The van der Waals surface area contributed by atoms with Crippen LogP contribution in [0.15, 0.2) is 12.1 Å². The number of amides is 1. The van der Waals surface area contributed by atoms with Crippen LogP contribution < -0.4 is 5.32 Å². The number of rotatable bonds is 4. The van der Waals surface area contributed by atoms with Crippen molar-refractivity contribution in [1.29, 1.82) is 0 Å². The highest BCUT2D eigenvalue weighted by Gasteiger charge is 2.23. The summed E-state index contributed by atoms with van der Waals surface area (Å²) in [5.74, 6) is -1.05. The molecule has 0 spiro atoms. The van der Waals surface area contributed by atoms with Gasteiger partial charge in [-0.15, -0.1) is 11.3 Å². The normalized spacial score (nSPS) is 13.2. The smallest absolute Gasteiger partial charge is 0.331 e. The first kappa shape index (κ1) is 12.7. The third kappa shape index (κ3) is 2.82. The summed E-state index contributed by atoms with van der Waals surface area (Å²) < 4.78 is 0. The Morgan fingerprint density at radius 1 is 1.50 bits per heavy atom. The Morgan fingerprint density at radius 3 is 2.50 bits per heavy atom. The number of hydrogen-bond donors (Lipinski definition) is 2. The summed E-state index contributed by atoms with van der Waals surface area (Å²) in [7, 11) is 0. The molecule has 0 bridgehead atoms. The third-order valence-corrected chi connectivity index (χ3v) is 3.71. The van der Waals surface area contributed by atoms with Crippen LogP contribution in [-0.2, 0) is 15.0 Å². The average molecular weight is 241 g/mol. The minimum atomic E-state index is -1.05. The van der Waals surface area contributed by atoms with Crippen molar-refractivity contribution in [2.75, 3.05) is 0 Å². The van der Waals surface area contributed by atoms with E-state index in [0.717, 1.165) is 4.88 Å². The molecule has 1 amide bonds. The maximum absolute atomic E-state index is 10.9. The van der Waals surface area contributed by atoms with Crippen molar-refractivity contribution in [3.63, 3.8) is 0 Å². The lowest BCUT2D eigenvalue weighted by atomic mass is 9.95. The van der Waals surface area contributed by atoms with E-state index in [4.69, 9.17) is 5.11 Å². The van der Waals surface area contributed by atoms with E-state index < -0.39 is 12.0 Å². The molecule has 0 fully saturated rings. The van der Waals surface area contributed by atoms with Crippen LogP contribution in [0.3, 0.4) is 0 Å². The summed E-state index contributed by atoms with van der Waals surface area (Å²) in [6, 6.07) is 2.71. The molecule has 1 unspecified atom stereocenters. The lowest BCUT2D eigenvalue weighted by Crippen LogP contribution is -2.26. The molecule has 0 radical (unpaired) electrons. The van der Waals surface area contributed by atoms with E-state index in [1.165, 1.54) is 11.3 Å². The molecule has 1 aromatic rings. The Bertz CT molecular complexity index is 392. The molecule has 0 saturated carbocycles. The van der Waals surface area contributed by atoms with Gasteiger partial charge in [-0.1, -0.05) is 20.8 Å². The number of thiophene rings is 1. The van der Waals surface area contributed by atoms with Crippen LogP contribution in [0.25, 0.3) is 0 Å². The van der Waals surface area contributed by atoms with E-state index in [1.807, 2.05) is 6.07 Å². The van der Waals surface area contributed by atoms with E-state index >= 15 is 0 Å². The monoisotopic (exact) mass is 241 g/mol. The molecule has 1 atom stereocenters. The highest BCUT2D eigenvalue weighted by molar-refractivity contribution is 7.12. The predicted octanol–water partition coefficient (Wildman–Crippen LogP) is 1.92. The molecular formula is C11H15NO3S. The van der Waals surface area contributed by atoms with Gasteiger partial charge in [0.05, 0.1) is 0 Å². The molecule has 1 rings (SSSR count). The van der Waals surface area contributed by atoms with E-state index in [0.29, 0.717) is 11.3 Å². The van der Waals surface area contributed by atoms with Crippen molar-refractivity contribution in [2.24, 2.45) is 0 Å². The quantitative estimate of drug-likeness (QED) is 0.791. The molecule has 16 heavy (non-hydrogen) atoms. The van der Waals surface area contributed by atoms with Gasteiger partial charge in [0.15, 0.2) is 6.04 Å². The molecule has 1 aromatic heterocycles. The molecule has 5 heteroatoms. The molecule has 0 aliphatic heterocycles. The van der Waals surface area contributed by atoms with Crippen LogP contribution in [0.4, 0.5) is 0 Å². The molecule has 0 aliphatic rings. The predicted molar refractivity (Wildman–Crippen MR) is 62.6 cm³/mol. The fraction of sp³-hybridized carbons (Fsp3) is 0.455. The lowest BCUT2D eigenvalue weighted by Gasteiger charge is -2.15. The summed E-state index contributed by atoms with van der Waals surface area (Å²) in [6.45, 7) is 6.18. The third-order valence-electron chi connectivity index (χ3n) is 2.13. The molecule has 0 aromatic carbocycles. The molecule has 4 nitrogen and oxygen atoms in total. The van der Waals surface area contributed by atoms with Crippen LogP contribution in [-0.4, -0.2) is 17.5 Å². The largest absolute Gasteiger partial charge is 0.479 e. The fourth-order valence-corrected chi connectivity index (χ4v) is 2.37. The molecule has 0 aliphatic carbocycles. The average Bonchev–Trinajstić information content (AvgIpc) is 2.61. The zero-order chi connectivity index (χ0) is 12.3. The Morgan fingerprint density at radius 2 is 2.12 bits per heavy atom. The van der Waals surface area contributed by atoms with E-state index in [2.05, 4.69) is 26.1 Å². The highest BCUT2D eigenvalue weighted by Crippen LogP contribution is 2.32. The van der Waals surface area contributed by atoms with E-state index in [1.54, 1.807) is 6.07 Å². The van der Waals surface area contributed by atoms with Crippen LogP contribution >= 0.6 is 11.3 Å². The van der Waals surface area contributed by atoms with Gasteiger partial charge in [0, 0.05) is 9.75 Å². The number of carboxylic acid groups (broad SMARTS) is 1. The van der Waals surface area contributed by atoms with Crippen LogP contribution in [0.1, 0.15) is 36.6 Å². The van der Waals surface area contributed by atoms with Crippen LogP contribution in [0.5, 0.6) is 0 Å². The van der Waals surface area contributed by atoms with Gasteiger partial charge in [-0.2, -0.15) is 0 Å². The Hall–Kier alpha value is -1.36. The van der Waals surface area contributed by atoms with E-state index in [9.17, 15) is 9.59 Å². The number of carbonyl (C=O) groups excluding carboxylic acids is 1. The Labute approximate surface area is 98.3 Å². The van der Waals surface area contributed by atoms with Crippen molar-refractivity contribution < 1.29 is 14.7 Å². The number of aliphatic carboxylic acids is 1. The second kappa shape index (κ2) is 4.65. The number of hydrogen-bond acceptors (Lipinski definition) is 3. The summed E-state index contributed by atoms with van der Waals surface area (Å²) in [6.07, 6.45) is 0.412. The molecule has 1 heterocycles. The van der Waals surface area contributed by atoms with E-state index in [-0.39, 0.29) is 5.41 Å². The van der Waals surface area contributed by atoms with Gasteiger partial charge in [-0.05, 0) is 17.5 Å². The number of carboxylic acids is 1. The van der Waals surface area contributed by atoms with Gasteiger partial charge < -0.3 is 10.4 Å². The fourth-order valence-electron chi connectivity index (χ4n) is 1.25. The molecule has 88 valence electrons. The van der Waals surface area contributed by atoms with Crippen molar-refractivity contribution in [2.45, 2.75) is 32.2 Å². The van der Waals surface area contributed by atoms with Crippen LogP contribution in [0, 0.1) is 0 Å². The van der Waals surface area contributed by atoms with Crippen molar-refractivity contribution in [1.82, 2.24) is 5.32 Å². The first-order valence-electron chi connectivity index (χ1n) is 4.89. The minimum absolute atomic E-state index is 0.00680. The molecular weight excluding hydrogens is 226 g/mol. The van der Waals surface area contributed by atoms with Crippen molar-refractivity contribution in [3.05, 3.63) is 21.9 Å². The van der Waals surface area contributed by atoms with Gasteiger partial charge in [0.2, 0.25) is 6.41 Å². The van der Waals surface area contributed by atoms with Crippen molar-refractivity contribution >= 4 is 23.7 Å². The Kier molecular flexibility index (Phi) is 3.70. The maximum Gasteiger partial charge on any atom is 0.331 e. The molecule has 2 N–H and O–H groups in total. The number of nitrogens with one attached hydrogen (secondary N) is 1. The van der Waals surface area contributed by atoms with Crippen molar-refractivity contribution in [3.8, 4) is 0 Å². The highest BCUT2D eigenvalue weighted by atomic mass is 32.1. The zero-order valence-electron chi connectivity index (χ0n) is 9.48. The van der Waals surface area contributed by atoms with Gasteiger partial charge in [0.25, 0.3) is 0 Å². The first-order valence-corrected chi connectivity index (χ1v) is 5.70. The zero-order valence-corrected chi connectivity index (χ0v) is 10.3. The summed E-state index contributed by atoms with van der Waals surface area (Å²) in [4.78, 5) is 23.0. The second-order valence-electron chi connectivity index (χ2n) is 4.51. The van der Waals surface area contributed by atoms with Gasteiger partial charge >= 0.3 is 5.97 Å². The maximum atomic E-state index is 10.9. The van der Waals surface area contributed by atoms with Gasteiger partial charge in [0.1, 0.15) is 0 Å². The minimum Gasteiger partial charge on any atom is -0.479 e. The molecule has 0 saturated heterocycles. The Balaban J connectivity index is 2.99. The second-order valence-corrected chi connectivity index (χ2v) is 5.62. The standard InChI is InChI=1S/C11H15NO3S/c1-11(2,3)8-5-4-7(16-8)9(10(14)15)12-6-13/h4-6,9H,1-3H3,(H,12,13)(H,14,15). The van der Waals surface area contributed by atoms with Gasteiger partial charge in [-0.25, -0.2) is 4.79 Å². The summed E-state index contributed by atoms with van der Waals surface area (Å²) in [5.41, 5.74) is -0.00680. The topological polar surface area (TPSA) is 66.4 Å². The first-order chi connectivity index (χ1) is 7.36. The van der Waals surface area contributed by atoms with Crippen LogP contribution in [0.2, 0.25) is 0 Å². The summed E-state index contributed by atoms with van der Waals surface area (Å²) in [5, 5.41) is 11.2. The lowest BCUT2D eigenvalue weighted by molar-refractivity contribution is -0.140. The summed E-state index contributed by atoms with van der Waals surface area (Å²) >= 11 is 1.41. The van der Waals surface area contributed by atoms with Gasteiger partial charge in [-0.3, -0.25) is 4.79 Å². The number of carbonyl (C=O) groups is 2. The SMILES string of the molecule is CC(C)(C)c1ccc(C(NC=O)C(=O)O)s1.